The number of hydrogen-bond donors (Lipinski definition) is 1. The molecule has 0 heterocycles. The molecule has 0 saturated carbocycles. The minimum absolute atomic E-state index is 0.0400. The molecule has 1 N–H and O–H groups in total. The number of sulfonamides is 1. The number of anilines is 1. The van der Waals surface area contributed by atoms with Crippen LogP contribution in [0.5, 0.6) is 11.5 Å². The Kier molecular flexibility index (Phi) is 8.41. The van der Waals surface area contributed by atoms with Gasteiger partial charge in [0.25, 0.3) is 10.0 Å². The number of methoxy groups -OCH3 is 2. The molecule has 3 aromatic carbocycles. The van der Waals surface area contributed by atoms with Crippen LogP contribution in [-0.2, 0) is 14.8 Å². The van der Waals surface area contributed by atoms with Crippen molar-refractivity contribution in [1.29, 1.82) is 0 Å². The smallest absolute Gasteiger partial charge is 0.264 e. The summed E-state index contributed by atoms with van der Waals surface area (Å²) in [6, 6.07) is 19.4. The van der Waals surface area contributed by atoms with Crippen molar-refractivity contribution in [2.45, 2.75) is 24.3 Å². The molecule has 34 heavy (non-hydrogen) atoms. The maximum atomic E-state index is 13.5. The van der Waals surface area contributed by atoms with E-state index in [0.717, 1.165) is 9.87 Å². The van der Waals surface area contributed by atoms with E-state index in [0.29, 0.717) is 28.6 Å². The van der Waals surface area contributed by atoms with Crippen LogP contribution in [0.1, 0.15) is 24.9 Å². The third kappa shape index (κ3) is 6.01. The number of rotatable bonds is 10. The zero-order valence-corrected chi connectivity index (χ0v) is 20.8. The fraction of sp³-hybridized carbons (Fsp3) is 0.240. The van der Waals surface area contributed by atoms with Crippen molar-refractivity contribution in [2.75, 3.05) is 25.1 Å². The Morgan fingerprint density at radius 1 is 0.912 bits per heavy atom. The summed E-state index contributed by atoms with van der Waals surface area (Å²) in [7, 11) is -0.959. The van der Waals surface area contributed by atoms with Crippen LogP contribution in [-0.4, -0.2) is 35.1 Å². The molecule has 3 aromatic rings. The first-order valence-corrected chi connectivity index (χ1v) is 12.5. The molecule has 0 bridgehead atoms. The fourth-order valence-electron chi connectivity index (χ4n) is 3.43. The molecular weight excluding hydrogens is 476 g/mol. The summed E-state index contributed by atoms with van der Waals surface area (Å²) in [5.41, 5.74) is 1.22. The van der Waals surface area contributed by atoms with E-state index < -0.39 is 22.5 Å². The molecule has 0 aliphatic carbocycles. The number of hydrogen-bond acceptors (Lipinski definition) is 5. The highest BCUT2D eigenvalue weighted by molar-refractivity contribution is 7.92. The molecule has 7 nitrogen and oxygen atoms in total. The number of benzene rings is 3. The highest BCUT2D eigenvalue weighted by Crippen LogP contribution is 2.27. The Bertz CT molecular complexity index is 1200. The van der Waals surface area contributed by atoms with Crippen LogP contribution >= 0.6 is 11.6 Å². The Morgan fingerprint density at radius 3 is 1.94 bits per heavy atom. The van der Waals surface area contributed by atoms with Gasteiger partial charge in [0.05, 0.1) is 30.8 Å². The van der Waals surface area contributed by atoms with Gasteiger partial charge in [-0.1, -0.05) is 30.7 Å². The first kappa shape index (κ1) is 25.4. The third-order valence-corrected chi connectivity index (χ3v) is 7.35. The fourth-order valence-corrected chi connectivity index (χ4v) is 4.97. The lowest BCUT2D eigenvalue weighted by Crippen LogP contribution is -2.42. The van der Waals surface area contributed by atoms with E-state index in [-0.39, 0.29) is 10.9 Å². The average molecular weight is 503 g/mol. The second-order valence-electron chi connectivity index (χ2n) is 7.47. The number of ether oxygens (including phenoxy) is 2. The molecule has 9 heteroatoms. The number of carbonyl (C=O) groups is 1. The van der Waals surface area contributed by atoms with Crippen molar-refractivity contribution in [2.24, 2.45) is 0 Å². The SMILES string of the molecule is CC[C@H](NC(=O)CN(c1ccc(Cl)cc1)S(=O)(=O)c1ccc(OC)cc1)c1ccc(OC)cc1. The summed E-state index contributed by atoms with van der Waals surface area (Å²) in [6.45, 7) is 1.54. The Balaban J connectivity index is 1.88. The van der Waals surface area contributed by atoms with E-state index in [1.165, 1.54) is 19.2 Å². The molecule has 180 valence electrons. The van der Waals surface area contributed by atoms with Gasteiger partial charge in [-0.05, 0) is 72.6 Å². The number of halogens is 1. The number of carbonyl (C=O) groups excluding carboxylic acids is 1. The second-order valence-corrected chi connectivity index (χ2v) is 9.76. The van der Waals surface area contributed by atoms with Gasteiger partial charge in [0.1, 0.15) is 18.0 Å². The molecule has 0 unspecified atom stereocenters. The van der Waals surface area contributed by atoms with Crippen LogP contribution in [0.2, 0.25) is 5.02 Å². The van der Waals surface area contributed by atoms with E-state index in [1.807, 2.05) is 31.2 Å². The third-order valence-electron chi connectivity index (χ3n) is 5.31. The first-order valence-electron chi connectivity index (χ1n) is 10.6. The number of nitrogens with zero attached hydrogens (tertiary/aromatic N) is 1. The molecular formula is C25H27ClN2O5S. The minimum atomic E-state index is -4.05. The van der Waals surface area contributed by atoms with E-state index in [4.69, 9.17) is 21.1 Å². The maximum absolute atomic E-state index is 13.5. The Hall–Kier alpha value is -3.23. The zero-order chi connectivity index (χ0) is 24.7. The predicted molar refractivity (Wildman–Crippen MR) is 133 cm³/mol. The van der Waals surface area contributed by atoms with Crippen molar-refractivity contribution in [3.05, 3.63) is 83.4 Å². The quantitative estimate of drug-likeness (QED) is 0.429. The Morgan fingerprint density at radius 2 is 1.44 bits per heavy atom. The topological polar surface area (TPSA) is 84.9 Å². The van der Waals surface area contributed by atoms with Gasteiger partial charge in [-0.2, -0.15) is 0 Å². The van der Waals surface area contributed by atoms with Crippen molar-refractivity contribution >= 4 is 33.2 Å². The molecule has 0 saturated heterocycles. The summed E-state index contributed by atoms with van der Waals surface area (Å²) in [6.07, 6.45) is 0.629. The van der Waals surface area contributed by atoms with Crippen molar-refractivity contribution < 1.29 is 22.7 Å². The van der Waals surface area contributed by atoms with Gasteiger partial charge in [-0.25, -0.2) is 8.42 Å². The van der Waals surface area contributed by atoms with Crippen LogP contribution in [0, 0.1) is 0 Å². The van der Waals surface area contributed by atoms with Gasteiger partial charge < -0.3 is 14.8 Å². The second kappa shape index (κ2) is 11.3. The lowest BCUT2D eigenvalue weighted by Gasteiger charge is -2.26. The molecule has 1 atom stereocenters. The molecule has 0 aliphatic rings. The van der Waals surface area contributed by atoms with E-state index in [9.17, 15) is 13.2 Å². The first-order chi connectivity index (χ1) is 16.3. The lowest BCUT2D eigenvalue weighted by atomic mass is 10.0. The minimum Gasteiger partial charge on any atom is -0.497 e. The van der Waals surface area contributed by atoms with Crippen LogP contribution < -0.4 is 19.1 Å². The van der Waals surface area contributed by atoms with Gasteiger partial charge >= 0.3 is 0 Å². The normalized spacial score (nSPS) is 12.0. The van der Waals surface area contributed by atoms with Crippen LogP contribution in [0.4, 0.5) is 5.69 Å². The number of amides is 1. The molecule has 3 rings (SSSR count). The zero-order valence-electron chi connectivity index (χ0n) is 19.2. The highest BCUT2D eigenvalue weighted by Gasteiger charge is 2.28. The summed E-state index contributed by atoms with van der Waals surface area (Å²) in [5.74, 6) is 0.805. The molecule has 0 aromatic heterocycles. The summed E-state index contributed by atoms with van der Waals surface area (Å²) in [4.78, 5) is 13.1. The molecule has 0 radical (unpaired) electrons. The average Bonchev–Trinajstić information content (AvgIpc) is 2.86. The standard InChI is InChI=1S/C25H27ClN2O5S/c1-4-24(18-5-11-21(32-2)12-6-18)27-25(29)17-28(20-9-7-19(26)8-10-20)34(30,31)23-15-13-22(33-3)14-16-23/h5-16,24H,4,17H2,1-3H3,(H,27,29)/t24-/m0/s1. The molecule has 0 fully saturated rings. The monoisotopic (exact) mass is 502 g/mol. The molecule has 0 aliphatic heterocycles. The van der Waals surface area contributed by atoms with E-state index >= 15 is 0 Å². The summed E-state index contributed by atoms with van der Waals surface area (Å²) < 4.78 is 38.4. The lowest BCUT2D eigenvalue weighted by molar-refractivity contribution is -0.120. The van der Waals surface area contributed by atoms with Gasteiger partial charge in [0, 0.05) is 5.02 Å². The van der Waals surface area contributed by atoms with E-state index in [2.05, 4.69) is 5.32 Å². The van der Waals surface area contributed by atoms with Crippen molar-refractivity contribution in [3.8, 4) is 11.5 Å². The van der Waals surface area contributed by atoms with Gasteiger partial charge in [0.2, 0.25) is 5.91 Å². The summed E-state index contributed by atoms with van der Waals surface area (Å²) in [5, 5.41) is 3.40. The van der Waals surface area contributed by atoms with E-state index in [1.54, 1.807) is 43.5 Å². The van der Waals surface area contributed by atoms with Crippen molar-refractivity contribution in [3.63, 3.8) is 0 Å². The van der Waals surface area contributed by atoms with Gasteiger partial charge in [-0.3, -0.25) is 9.10 Å². The van der Waals surface area contributed by atoms with Crippen LogP contribution in [0.25, 0.3) is 0 Å². The highest BCUT2D eigenvalue weighted by atomic mass is 35.5. The van der Waals surface area contributed by atoms with Gasteiger partial charge in [0.15, 0.2) is 0 Å². The Labute approximate surface area is 205 Å². The maximum Gasteiger partial charge on any atom is 0.264 e. The van der Waals surface area contributed by atoms with Crippen molar-refractivity contribution in [1.82, 2.24) is 5.32 Å². The van der Waals surface area contributed by atoms with Crippen LogP contribution in [0.3, 0.4) is 0 Å². The number of nitrogens with one attached hydrogen (secondary N) is 1. The summed E-state index contributed by atoms with van der Waals surface area (Å²) >= 11 is 5.99. The molecule has 0 spiro atoms. The molecule has 1 amide bonds. The largest absolute Gasteiger partial charge is 0.497 e. The predicted octanol–water partition coefficient (Wildman–Crippen LogP) is 4.82. The van der Waals surface area contributed by atoms with Crippen LogP contribution in [0.15, 0.2) is 77.7 Å². The van der Waals surface area contributed by atoms with Gasteiger partial charge in [-0.15, -0.1) is 0 Å².